The van der Waals surface area contributed by atoms with Crippen LogP contribution in [0.4, 0.5) is 0 Å². The van der Waals surface area contributed by atoms with Crippen LogP contribution in [0.3, 0.4) is 0 Å². The fraction of sp³-hybridized carbons (Fsp3) is 0.400. The molecular formula is C15H13ClN2O. The zero-order valence-corrected chi connectivity index (χ0v) is 11.2. The van der Waals surface area contributed by atoms with Gasteiger partial charge in [0.2, 0.25) is 0 Å². The highest BCUT2D eigenvalue weighted by atomic mass is 35.5. The molecule has 4 heteroatoms. The van der Waals surface area contributed by atoms with E-state index in [0.29, 0.717) is 12.0 Å². The summed E-state index contributed by atoms with van der Waals surface area (Å²) in [6, 6.07) is 11.4. The molecule has 0 saturated heterocycles. The molecule has 0 spiro atoms. The lowest BCUT2D eigenvalue weighted by Gasteiger charge is -2.23. The van der Waals surface area contributed by atoms with Crippen molar-refractivity contribution in [2.24, 2.45) is 5.41 Å². The average molecular weight is 273 g/mol. The summed E-state index contributed by atoms with van der Waals surface area (Å²) >= 11 is 5.85. The number of carbonyl (C=O) groups is 1. The lowest BCUT2D eigenvalue weighted by atomic mass is 9.75. The molecule has 0 radical (unpaired) electrons. The van der Waals surface area contributed by atoms with E-state index < -0.39 is 10.8 Å². The smallest absolute Gasteiger partial charge is 0.183 e. The van der Waals surface area contributed by atoms with E-state index >= 15 is 0 Å². The van der Waals surface area contributed by atoms with Crippen LogP contribution in [0, 0.1) is 28.1 Å². The van der Waals surface area contributed by atoms with E-state index in [9.17, 15) is 10.1 Å². The van der Waals surface area contributed by atoms with Crippen molar-refractivity contribution < 1.29 is 4.79 Å². The molecule has 2 rings (SSSR count). The van der Waals surface area contributed by atoms with Crippen LogP contribution in [0.2, 0.25) is 0 Å². The number of fused-ring (bicyclic) bond motifs is 1. The number of rotatable bonds is 2. The maximum atomic E-state index is 12.7. The van der Waals surface area contributed by atoms with E-state index in [-0.39, 0.29) is 12.2 Å². The molecule has 0 fully saturated rings. The van der Waals surface area contributed by atoms with Gasteiger partial charge in [0.25, 0.3) is 0 Å². The molecule has 0 aromatic heterocycles. The van der Waals surface area contributed by atoms with E-state index in [4.69, 9.17) is 16.9 Å². The van der Waals surface area contributed by atoms with Crippen molar-refractivity contribution in [3.8, 4) is 12.1 Å². The number of nitrogens with zero attached hydrogens (tertiary/aromatic N) is 2. The van der Waals surface area contributed by atoms with E-state index in [1.54, 1.807) is 12.1 Å². The molecular weight excluding hydrogens is 260 g/mol. The van der Waals surface area contributed by atoms with Crippen molar-refractivity contribution in [2.45, 2.75) is 31.1 Å². The second kappa shape index (κ2) is 5.43. The Hall–Kier alpha value is -1.84. The number of Topliss-reactive ketones (excluding diaryl/α,β-unsaturated/α-hetero) is 1. The number of benzene rings is 1. The van der Waals surface area contributed by atoms with Gasteiger partial charge in [-0.05, 0) is 24.8 Å². The van der Waals surface area contributed by atoms with Crippen LogP contribution in [-0.4, -0.2) is 11.2 Å². The van der Waals surface area contributed by atoms with E-state index in [1.165, 1.54) is 0 Å². The molecule has 1 aliphatic carbocycles. The molecule has 0 saturated carbocycles. The van der Waals surface area contributed by atoms with Gasteiger partial charge in [0.05, 0.1) is 12.1 Å². The molecule has 2 atom stereocenters. The Kier molecular flexibility index (Phi) is 3.88. The summed E-state index contributed by atoms with van der Waals surface area (Å²) < 4.78 is 0. The number of hydrogen-bond acceptors (Lipinski definition) is 3. The number of alkyl halides is 1. The first-order valence-electron chi connectivity index (χ1n) is 6.20. The number of hydrogen-bond donors (Lipinski definition) is 0. The van der Waals surface area contributed by atoms with Gasteiger partial charge in [-0.15, -0.1) is 11.6 Å². The molecule has 0 heterocycles. The third-order valence-electron chi connectivity index (χ3n) is 3.63. The van der Waals surface area contributed by atoms with Crippen molar-refractivity contribution in [3.63, 3.8) is 0 Å². The fourth-order valence-corrected chi connectivity index (χ4v) is 2.87. The Morgan fingerprint density at radius 1 is 1.37 bits per heavy atom. The largest absolute Gasteiger partial charge is 0.292 e. The van der Waals surface area contributed by atoms with Gasteiger partial charge in [-0.1, -0.05) is 24.3 Å². The highest BCUT2D eigenvalue weighted by molar-refractivity contribution is 6.22. The summed E-state index contributed by atoms with van der Waals surface area (Å²) in [7, 11) is 0. The maximum Gasteiger partial charge on any atom is 0.183 e. The third kappa shape index (κ3) is 2.48. The molecule has 1 aromatic rings. The summed E-state index contributed by atoms with van der Waals surface area (Å²) in [5.41, 5.74) is 0.422. The van der Waals surface area contributed by atoms with Crippen molar-refractivity contribution in [2.75, 3.05) is 0 Å². The Morgan fingerprint density at radius 3 is 2.79 bits per heavy atom. The van der Waals surface area contributed by atoms with Gasteiger partial charge in [-0.3, -0.25) is 4.79 Å². The van der Waals surface area contributed by atoms with Crippen LogP contribution in [0.15, 0.2) is 24.3 Å². The summed E-state index contributed by atoms with van der Waals surface area (Å²) in [6.07, 6.45) is 2.09. The van der Waals surface area contributed by atoms with Crippen LogP contribution >= 0.6 is 11.6 Å². The van der Waals surface area contributed by atoms with Crippen LogP contribution in [-0.2, 0) is 6.42 Å². The Labute approximate surface area is 117 Å². The molecule has 19 heavy (non-hydrogen) atoms. The quantitative estimate of drug-likeness (QED) is 0.613. The van der Waals surface area contributed by atoms with Gasteiger partial charge in [0.1, 0.15) is 10.8 Å². The lowest BCUT2D eigenvalue weighted by Crippen LogP contribution is -2.31. The summed E-state index contributed by atoms with van der Waals surface area (Å²) in [6.45, 7) is 0. The molecule has 1 aromatic carbocycles. The monoisotopic (exact) mass is 272 g/mol. The van der Waals surface area contributed by atoms with Crippen LogP contribution < -0.4 is 0 Å². The summed E-state index contributed by atoms with van der Waals surface area (Å²) in [4.78, 5) is 12.7. The van der Waals surface area contributed by atoms with Crippen molar-refractivity contribution >= 4 is 17.4 Å². The highest BCUT2D eigenvalue weighted by Gasteiger charge is 2.42. The molecule has 0 bridgehead atoms. The van der Waals surface area contributed by atoms with Gasteiger partial charge in [-0.2, -0.15) is 10.5 Å². The first-order valence-corrected chi connectivity index (χ1v) is 6.64. The van der Waals surface area contributed by atoms with E-state index in [0.717, 1.165) is 18.4 Å². The van der Waals surface area contributed by atoms with E-state index in [2.05, 4.69) is 6.07 Å². The number of halogens is 1. The van der Waals surface area contributed by atoms with Crippen LogP contribution in [0.1, 0.15) is 35.2 Å². The number of nitriles is 2. The minimum absolute atomic E-state index is 0.0920. The van der Waals surface area contributed by atoms with Crippen molar-refractivity contribution in [1.82, 2.24) is 0 Å². The zero-order valence-electron chi connectivity index (χ0n) is 10.4. The molecule has 0 aliphatic heterocycles. The van der Waals surface area contributed by atoms with Crippen LogP contribution in [0.5, 0.6) is 0 Å². The standard InChI is InChI=1S/C15H13ClN2O/c16-12(9-17)8-15(10-18)7-3-5-11-4-1-2-6-13(11)14(15)19/h1-2,4,6,12H,3,5,7-8H2/t12-,15+/m1/s1. The predicted octanol–water partition coefficient (Wildman–Crippen LogP) is 3.24. The Bertz CT molecular complexity index is 585. The van der Waals surface area contributed by atoms with Crippen LogP contribution in [0.25, 0.3) is 0 Å². The third-order valence-corrected chi connectivity index (χ3v) is 3.88. The normalized spacial score (nSPS) is 23.6. The minimum Gasteiger partial charge on any atom is -0.292 e. The molecule has 0 N–H and O–H groups in total. The van der Waals surface area contributed by atoms with Gasteiger partial charge in [-0.25, -0.2) is 0 Å². The minimum atomic E-state index is -1.16. The Morgan fingerprint density at radius 2 is 2.11 bits per heavy atom. The molecule has 0 unspecified atom stereocenters. The van der Waals surface area contributed by atoms with Gasteiger partial charge >= 0.3 is 0 Å². The number of aryl methyl sites for hydroxylation is 1. The van der Waals surface area contributed by atoms with Crippen molar-refractivity contribution in [1.29, 1.82) is 10.5 Å². The topological polar surface area (TPSA) is 64.7 Å². The second-order valence-corrected chi connectivity index (χ2v) is 5.36. The van der Waals surface area contributed by atoms with Gasteiger partial charge in [0, 0.05) is 12.0 Å². The van der Waals surface area contributed by atoms with Gasteiger partial charge in [0.15, 0.2) is 5.78 Å². The van der Waals surface area contributed by atoms with Gasteiger partial charge < -0.3 is 0 Å². The molecule has 0 amide bonds. The lowest BCUT2D eigenvalue weighted by molar-refractivity contribution is 0.0844. The first-order chi connectivity index (χ1) is 9.13. The maximum absolute atomic E-state index is 12.7. The Balaban J connectivity index is 2.45. The number of carbonyl (C=O) groups excluding carboxylic acids is 1. The summed E-state index contributed by atoms with van der Waals surface area (Å²) in [5.74, 6) is -0.191. The zero-order chi connectivity index (χ0) is 13.9. The SMILES string of the molecule is N#C[C@H](Cl)C[C@]1(C#N)CCCc2ccccc2C1=O. The highest BCUT2D eigenvalue weighted by Crippen LogP contribution is 2.38. The second-order valence-electron chi connectivity index (χ2n) is 4.83. The summed E-state index contributed by atoms with van der Waals surface area (Å²) in [5, 5.41) is 17.5. The molecule has 3 nitrogen and oxygen atoms in total. The average Bonchev–Trinajstić information content (AvgIpc) is 2.58. The van der Waals surface area contributed by atoms with E-state index in [1.807, 2.05) is 18.2 Å². The first kappa shape index (κ1) is 13.6. The number of ketones is 1. The predicted molar refractivity (Wildman–Crippen MR) is 71.6 cm³/mol. The molecule has 1 aliphatic rings. The van der Waals surface area contributed by atoms with Crippen molar-refractivity contribution in [3.05, 3.63) is 35.4 Å². The molecule has 96 valence electrons. The fourth-order valence-electron chi connectivity index (χ4n) is 2.61.